The van der Waals surface area contributed by atoms with Gasteiger partial charge in [0.2, 0.25) is 7.84 Å². The van der Waals surface area contributed by atoms with Gasteiger partial charge in [-0.25, -0.2) is 5.47 Å². The summed E-state index contributed by atoms with van der Waals surface area (Å²) in [7, 11) is 0. The molecule has 0 aliphatic carbocycles. The number of hydroxylamine groups is 1. The molecule has 0 atom stereocenters. The molecule has 0 rings (SSSR count). The van der Waals surface area contributed by atoms with E-state index in [9.17, 15) is 4.79 Å². The van der Waals surface area contributed by atoms with Crippen molar-refractivity contribution in [2.45, 2.75) is 0 Å². The molecule has 3 heteroatoms. The van der Waals surface area contributed by atoms with E-state index in [-0.39, 0.29) is 11.9 Å². The summed E-state index contributed by atoms with van der Waals surface area (Å²) < 4.78 is 11.9. The lowest BCUT2D eigenvalue weighted by molar-refractivity contribution is -0.116. The van der Waals surface area contributed by atoms with E-state index in [2.05, 4.69) is 5.21 Å². The van der Waals surface area contributed by atoms with E-state index in [0.29, 0.717) is 0 Å². The first-order valence-electron chi connectivity index (χ1n) is 1.53. The highest BCUT2D eigenvalue weighted by Crippen LogP contribution is 1.08. The summed E-state index contributed by atoms with van der Waals surface area (Å²) in [5.74, 6) is 0. The fraction of sp³-hybridized carbons (Fsp3) is 0. The summed E-state index contributed by atoms with van der Waals surface area (Å²) in [6.07, 6.45) is 0.0625. The third-order valence-corrected chi connectivity index (χ3v) is 0.0430. The molecule has 24 valence electrons. The number of amides is 1. The Morgan fingerprint density at radius 1 is 2.75 bits per heavy atom. The first-order valence-corrected chi connectivity index (χ1v) is 0.676. The van der Waals surface area contributed by atoms with Crippen molar-refractivity contribution >= 4 is 6.41 Å². The summed E-state index contributed by atoms with van der Waals surface area (Å²) >= 11 is 0. The van der Waals surface area contributed by atoms with Crippen LogP contribution in [0.15, 0.2) is 0 Å². The summed E-state index contributed by atoms with van der Waals surface area (Å²) in [4.78, 5) is 9.23. The molecule has 0 radical (unpaired) electrons. The van der Waals surface area contributed by atoms with Crippen LogP contribution in [-0.4, -0.2) is 11.6 Å². The number of hydrogen-bond donors (Lipinski definition) is 2. The predicted molar refractivity (Wildman–Crippen MR) is 11.0 cm³/mol. The Hall–Kier alpha value is -0.570. The number of carbonyl (C=O) groups excluding carboxylic acids is 1. The maximum Gasteiger partial charge on any atom is 0.246 e. The van der Waals surface area contributed by atoms with Crippen LogP contribution in [0.1, 0.15) is 0 Å². The fourth-order valence-electron chi connectivity index (χ4n) is 0. The molecule has 4 heavy (non-hydrogen) atoms. The highest BCUT2D eigenvalue weighted by molar-refractivity contribution is 5.43. The molecule has 0 aromatic carbocycles. The smallest absolute Gasteiger partial charge is 0.246 e. The zero-order valence-corrected chi connectivity index (χ0v) is 1.84. The summed E-state index contributed by atoms with van der Waals surface area (Å²) in [5, 5.41) is 3.28. The Bertz CT molecular complexity index is 48.8. The van der Waals surface area contributed by atoms with Gasteiger partial charge in [-0.15, -0.1) is 0 Å². The number of rotatable bonds is 2. The third-order valence-electron chi connectivity index (χ3n) is 0.0430. The van der Waals surface area contributed by atoms with Crippen molar-refractivity contribution in [1.29, 1.82) is 0 Å². The zero-order valence-electron chi connectivity index (χ0n) is 3.84. The van der Waals surface area contributed by atoms with Gasteiger partial charge < -0.3 is 0 Å². The van der Waals surface area contributed by atoms with Crippen molar-refractivity contribution in [1.82, 2.24) is 5.47 Å². The molecule has 0 spiro atoms. The van der Waals surface area contributed by atoms with Crippen molar-refractivity contribution in [3.05, 3.63) is 0 Å². The molecule has 0 aliphatic heterocycles. The van der Waals surface area contributed by atoms with Gasteiger partial charge in [0.25, 0.3) is 0 Å². The Balaban J connectivity index is 2.96. The predicted octanol–water partition coefficient (Wildman–Crippen LogP) is -0.878. The van der Waals surface area contributed by atoms with Crippen molar-refractivity contribution in [3.8, 4) is 0 Å². The Kier molecular flexibility index (Phi) is 0.627. The molecular weight excluding hydrogens is 58.0 g/mol. The molecule has 3 nitrogen and oxygen atoms in total. The maximum atomic E-state index is 9.23. The lowest BCUT2D eigenvalue weighted by Crippen LogP contribution is -1.99. The Morgan fingerprint density at radius 2 is 3.50 bits per heavy atom. The molecular formula is CH3NO2. The van der Waals surface area contributed by atoms with E-state index in [0.717, 1.165) is 0 Å². The Labute approximate surface area is 26.2 Å². The molecule has 1 amide bonds. The highest BCUT2D eigenvalue weighted by atomic mass is 16.5. The van der Waals surface area contributed by atoms with Crippen LogP contribution in [-0.2, 0) is 4.79 Å². The van der Waals surface area contributed by atoms with Gasteiger partial charge in [0.1, 0.15) is 0 Å². The van der Waals surface area contributed by atoms with Crippen molar-refractivity contribution in [3.63, 3.8) is 0 Å². The van der Waals surface area contributed by atoms with E-state index in [4.69, 9.17) is 2.84 Å². The van der Waals surface area contributed by atoms with Crippen LogP contribution in [0.4, 0.5) is 0 Å². The van der Waals surface area contributed by atoms with E-state index in [1.165, 1.54) is 0 Å². The number of hydrogen-bond acceptors (Lipinski definition) is 2. The topological polar surface area (TPSA) is 49.3 Å². The summed E-state index contributed by atoms with van der Waals surface area (Å²) in [6, 6.07) is 0. The molecule has 0 unspecified atom stereocenters. The average Bonchev–Trinajstić information content (AvgIpc) is 1.65. The van der Waals surface area contributed by atoms with E-state index >= 15 is 0 Å². The lowest BCUT2D eigenvalue weighted by Gasteiger charge is -1.64. The van der Waals surface area contributed by atoms with E-state index in [1.807, 2.05) is 0 Å². The second-order valence-electron chi connectivity index (χ2n) is 0.211. The first kappa shape index (κ1) is 1.03. The second-order valence-corrected chi connectivity index (χ2v) is 0.211. The van der Waals surface area contributed by atoms with Crippen LogP contribution in [0.3, 0.4) is 0 Å². The van der Waals surface area contributed by atoms with E-state index in [1.54, 1.807) is 0 Å². The van der Waals surface area contributed by atoms with Gasteiger partial charge in [0.05, 0.1) is 0 Å². The molecule has 0 saturated heterocycles. The standard InChI is InChI=1S/CH3NO2/c3-1-2-4/h1,4H,(H,2,3)/i/hD2. The van der Waals surface area contributed by atoms with E-state index < -0.39 is 0 Å². The Morgan fingerprint density at radius 3 is 3.50 bits per heavy atom. The van der Waals surface area contributed by atoms with Gasteiger partial charge in [-0.2, -0.15) is 0 Å². The molecule has 0 aromatic heterocycles. The fourth-order valence-corrected chi connectivity index (χ4v) is 0. The van der Waals surface area contributed by atoms with Gasteiger partial charge in [0.15, 0.2) is 1.41 Å². The van der Waals surface area contributed by atoms with Crippen LogP contribution >= 0.6 is 0 Å². The van der Waals surface area contributed by atoms with Crippen LogP contribution in [0.2, 0.25) is 2.84 Å². The van der Waals surface area contributed by atoms with Crippen molar-refractivity contribution < 1.29 is 12.8 Å². The van der Waals surface area contributed by atoms with Crippen LogP contribution in [0.5, 0.6) is 0 Å². The highest BCUT2D eigenvalue weighted by Gasteiger charge is 1.44. The molecule has 0 heterocycles. The minimum absolute atomic E-state index is 0.0139. The van der Waals surface area contributed by atoms with Gasteiger partial charge in [-0.1, -0.05) is 0 Å². The maximum absolute atomic E-state index is 9.23. The first-order chi connectivity index (χ1) is 2.81. The van der Waals surface area contributed by atoms with Gasteiger partial charge >= 0.3 is 0 Å². The van der Waals surface area contributed by atoms with Crippen molar-refractivity contribution in [2.75, 3.05) is 0 Å². The zero-order chi connectivity index (χ0) is 4.99. The van der Waals surface area contributed by atoms with Crippen LogP contribution < -0.4 is 5.47 Å². The quantitative estimate of drug-likeness (QED) is 0.248. The van der Waals surface area contributed by atoms with Gasteiger partial charge in [0, 0.05) is 0 Å². The lowest BCUT2D eigenvalue weighted by atomic mass is 11.5. The molecule has 0 bridgehead atoms. The molecule has 2 N–H and O–H groups in total. The molecule has 0 fully saturated rings. The number of nitrogens with one attached hydrogen (secondary N) is 1. The van der Waals surface area contributed by atoms with Gasteiger partial charge in [-0.3, -0.25) is 10.0 Å². The molecule has 0 saturated carbocycles. The second kappa shape index (κ2) is 2.43. The number of carbonyl (C=O) groups is 1. The summed E-state index contributed by atoms with van der Waals surface area (Å²) in [6.45, 7) is 0. The molecule has 0 aromatic rings. The van der Waals surface area contributed by atoms with Gasteiger partial charge in [-0.05, 0) is 0 Å². The monoisotopic (exact) mass is 63.0 g/mol. The SMILES string of the molecule is [2H]ON([2H])C=O. The normalized spacial score (nSPS) is 12.0. The van der Waals surface area contributed by atoms with Crippen LogP contribution in [0, 0.1) is 0 Å². The summed E-state index contributed by atoms with van der Waals surface area (Å²) in [5.41, 5.74) is -0.0139. The minimum Gasteiger partial charge on any atom is -0.289 e. The average molecular weight is 63.1 g/mol. The third kappa shape index (κ3) is 1.43. The van der Waals surface area contributed by atoms with Crippen molar-refractivity contribution in [2.24, 2.45) is 0 Å². The van der Waals surface area contributed by atoms with Crippen LogP contribution in [0.25, 0.3) is 0 Å². The largest absolute Gasteiger partial charge is 0.289 e. The molecule has 0 aliphatic rings. The minimum atomic E-state index is -0.0139.